The number of carbonyl (C=O) groups is 1. The van der Waals surface area contributed by atoms with Gasteiger partial charge in [0.05, 0.1) is 0 Å². The first-order chi connectivity index (χ1) is 13.2. The van der Waals surface area contributed by atoms with Crippen molar-refractivity contribution in [2.45, 2.75) is 19.3 Å². The van der Waals surface area contributed by atoms with Crippen LogP contribution in [0.15, 0.2) is 69.9 Å². The quantitative estimate of drug-likeness (QED) is 0.255. The number of hydrogen-bond donors (Lipinski definition) is 0. The maximum atomic E-state index is 12.5. The normalized spacial score (nSPS) is 16.7. The lowest BCUT2D eigenvalue weighted by molar-refractivity contribution is -0.115. The number of nitrogens with zero attached hydrogens (tertiary/aromatic N) is 6. The van der Waals surface area contributed by atoms with E-state index in [1.165, 1.54) is 0 Å². The second-order valence-corrected chi connectivity index (χ2v) is 6.07. The lowest BCUT2D eigenvalue weighted by atomic mass is 9.86. The van der Waals surface area contributed by atoms with Crippen molar-refractivity contribution < 1.29 is 4.79 Å². The van der Waals surface area contributed by atoms with E-state index in [0.717, 1.165) is 29.5 Å². The highest BCUT2D eigenvalue weighted by Crippen LogP contribution is 2.30. The third-order valence-corrected chi connectivity index (χ3v) is 4.25. The number of ketones is 1. The van der Waals surface area contributed by atoms with Crippen LogP contribution in [0.5, 0.6) is 0 Å². The smallest absolute Gasteiger partial charge is 0.163 e. The SMILES string of the molecule is [N-]=[N+]=Nc1ccc(/C=C2/CCCC(=O)/C2=C\c2ccc(N=[N+]=[N-])cc2)cc1. The zero-order chi connectivity index (χ0) is 19.1. The van der Waals surface area contributed by atoms with Crippen LogP contribution in [0.3, 0.4) is 0 Å². The van der Waals surface area contributed by atoms with E-state index in [1.54, 1.807) is 24.3 Å². The number of benzene rings is 2. The van der Waals surface area contributed by atoms with Gasteiger partial charge in [0, 0.05) is 33.2 Å². The van der Waals surface area contributed by atoms with E-state index >= 15 is 0 Å². The van der Waals surface area contributed by atoms with Gasteiger partial charge in [0.15, 0.2) is 5.78 Å². The average molecular weight is 356 g/mol. The molecule has 0 radical (unpaired) electrons. The van der Waals surface area contributed by atoms with Crippen molar-refractivity contribution in [3.63, 3.8) is 0 Å². The predicted molar refractivity (Wildman–Crippen MR) is 105 cm³/mol. The molecule has 7 nitrogen and oxygen atoms in total. The fourth-order valence-electron chi connectivity index (χ4n) is 2.96. The lowest BCUT2D eigenvalue weighted by Gasteiger charge is -2.17. The molecule has 0 amide bonds. The van der Waals surface area contributed by atoms with Crippen molar-refractivity contribution in [1.82, 2.24) is 0 Å². The first kappa shape index (κ1) is 18.0. The maximum absolute atomic E-state index is 12.5. The summed E-state index contributed by atoms with van der Waals surface area (Å²) in [6.45, 7) is 0. The number of Topliss-reactive ketones (excluding diaryl/α,β-unsaturated/α-hetero) is 1. The predicted octanol–water partition coefficient (Wildman–Crippen LogP) is 6.79. The molecule has 7 heteroatoms. The number of hydrogen-bond acceptors (Lipinski definition) is 3. The zero-order valence-corrected chi connectivity index (χ0v) is 14.5. The summed E-state index contributed by atoms with van der Waals surface area (Å²) in [7, 11) is 0. The summed E-state index contributed by atoms with van der Waals surface area (Å²) in [5.41, 5.74) is 21.6. The Labute approximate surface area is 155 Å². The molecule has 1 aliphatic carbocycles. The second-order valence-electron chi connectivity index (χ2n) is 6.07. The molecule has 0 N–H and O–H groups in total. The molecule has 0 spiro atoms. The molecule has 0 aliphatic heterocycles. The molecular formula is C20H16N6O. The van der Waals surface area contributed by atoms with Crippen LogP contribution in [0, 0.1) is 0 Å². The summed E-state index contributed by atoms with van der Waals surface area (Å²) in [4.78, 5) is 18.0. The Morgan fingerprint density at radius 3 is 1.81 bits per heavy atom. The summed E-state index contributed by atoms with van der Waals surface area (Å²) in [6.07, 6.45) is 6.07. The van der Waals surface area contributed by atoms with Crippen molar-refractivity contribution in [2.24, 2.45) is 10.2 Å². The summed E-state index contributed by atoms with van der Waals surface area (Å²) in [5, 5.41) is 7.11. The van der Waals surface area contributed by atoms with Gasteiger partial charge in [-0.3, -0.25) is 4.79 Å². The van der Waals surface area contributed by atoms with Gasteiger partial charge in [-0.25, -0.2) is 0 Å². The summed E-state index contributed by atoms with van der Waals surface area (Å²) >= 11 is 0. The maximum Gasteiger partial charge on any atom is 0.163 e. The van der Waals surface area contributed by atoms with Gasteiger partial charge in [-0.2, -0.15) is 0 Å². The molecular weight excluding hydrogens is 340 g/mol. The first-order valence-electron chi connectivity index (χ1n) is 8.46. The van der Waals surface area contributed by atoms with Gasteiger partial charge in [-0.05, 0) is 46.7 Å². The Morgan fingerprint density at radius 1 is 0.778 bits per heavy atom. The van der Waals surface area contributed by atoms with Crippen molar-refractivity contribution in [1.29, 1.82) is 0 Å². The lowest BCUT2D eigenvalue weighted by Crippen LogP contribution is -2.11. The fraction of sp³-hybridized carbons (Fsp3) is 0.150. The third kappa shape index (κ3) is 4.64. The highest BCUT2D eigenvalue weighted by molar-refractivity contribution is 6.05. The van der Waals surface area contributed by atoms with Crippen LogP contribution in [-0.2, 0) is 4.79 Å². The summed E-state index contributed by atoms with van der Waals surface area (Å²) in [5.74, 6) is 0.123. The zero-order valence-electron chi connectivity index (χ0n) is 14.5. The molecule has 0 aromatic heterocycles. The minimum absolute atomic E-state index is 0.123. The number of azide groups is 2. The standard InChI is InChI=1S/C20H16N6O/c21-25-23-17-8-4-14(5-9-17)12-16-2-1-3-20(27)19(16)13-15-6-10-18(11-7-15)24-26-22/h4-13H,1-3H2/b16-12-,19-13-. The van der Waals surface area contributed by atoms with Crippen LogP contribution in [0.25, 0.3) is 33.0 Å². The molecule has 2 aromatic carbocycles. The average Bonchev–Trinajstić information content (AvgIpc) is 2.68. The molecule has 1 aliphatic rings. The van der Waals surface area contributed by atoms with Gasteiger partial charge in [-0.15, -0.1) is 0 Å². The van der Waals surface area contributed by atoms with E-state index in [9.17, 15) is 4.79 Å². The Hall–Kier alpha value is -3.79. The van der Waals surface area contributed by atoms with Gasteiger partial charge < -0.3 is 0 Å². The van der Waals surface area contributed by atoms with Crippen LogP contribution < -0.4 is 0 Å². The van der Waals surface area contributed by atoms with Gasteiger partial charge >= 0.3 is 0 Å². The van der Waals surface area contributed by atoms with Crippen LogP contribution in [0.1, 0.15) is 30.4 Å². The molecule has 27 heavy (non-hydrogen) atoms. The Morgan fingerprint density at radius 2 is 1.30 bits per heavy atom. The van der Waals surface area contributed by atoms with Crippen molar-refractivity contribution in [2.75, 3.05) is 0 Å². The van der Waals surface area contributed by atoms with Crippen LogP contribution in [0.4, 0.5) is 11.4 Å². The third-order valence-electron chi connectivity index (χ3n) is 4.25. The molecule has 1 saturated carbocycles. The van der Waals surface area contributed by atoms with Crippen molar-refractivity contribution in [3.05, 3.63) is 91.7 Å². The van der Waals surface area contributed by atoms with E-state index in [-0.39, 0.29) is 5.78 Å². The summed E-state index contributed by atoms with van der Waals surface area (Å²) < 4.78 is 0. The van der Waals surface area contributed by atoms with Crippen molar-refractivity contribution in [3.8, 4) is 0 Å². The molecule has 132 valence electrons. The molecule has 0 unspecified atom stereocenters. The molecule has 0 bridgehead atoms. The minimum atomic E-state index is 0.123. The van der Waals surface area contributed by atoms with Crippen LogP contribution in [0.2, 0.25) is 0 Å². The summed E-state index contributed by atoms with van der Waals surface area (Å²) in [6, 6.07) is 14.3. The van der Waals surface area contributed by atoms with Crippen LogP contribution in [-0.4, -0.2) is 5.78 Å². The first-order valence-corrected chi connectivity index (χ1v) is 8.46. The van der Waals surface area contributed by atoms with E-state index in [0.29, 0.717) is 23.4 Å². The number of rotatable bonds is 4. The molecule has 3 rings (SSSR count). The highest BCUT2D eigenvalue weighted by Gasteiger charge is 2.19. The number of carbonyl (C=O) groups excluding carboxylic acids is 1. The van der Waals surface area contributed by atoms with Crippen molar-refractivity contribution >= 4 is 29.3 Å². The molecule has 2 aromatic rings. The van der Waals surface area contributed by atoms with Gasteiger partial charge in [0.1, 0.15) is 0 Å². The number of allylic oxidation sites excluding steroid dienone is 2. The molecule has 0 saturated heterocycles. The van der Waals surface area contributed by atoms with Gasteiger partial charge in [0.25, 0.3) is 0 Å². The Balaban J connectivity index is 1.93. The molecule has 0 atom stereocenters. The van der Waals surface area contributed by atoms with Gasteiger partial charge in [-0.1, -0.05) is 64.8 Å². The Bertz CT molecular complexity index is 1010. The topological polar surface area (TPSA) is 115 Å². The largest absolute Gasteiger partial charge is 0.294 e. The Kier molecular flexibility index (Phi) is 5.70. The molecule has 1 fully saturated rings. The van der Waals surface area contributed by atoms with E-state index in [4.69, 9.17) is 11.1 Å². The van der Waals surface area contributed by atoms with E-state index < -0.39 is 0 Å². The van der Waals surface area contributed by atoms with Gasteiger partial charge in [0.2, 0.25) is 0 Å². The van der Waals surface area contributed by atoms with E-state index in [2.05, 4.69) is 20.1 Å². The minimum Gasteiger partial charge on any atom is -0.294 e. The fourth-order valence-corrected chi connectivity index (χ4v) is 2.96. The highest BCUT2D eigenvalue weighted by atomic mass is 16.1. The second kappa shape index (κ2) is 8.54. The molecule has 0 heterocycles. The monoisotopic (exact) mass is 356 g/mol. The van der Waals surface area contributed by atoms with Crippen LogP contribution >= 0.6 is 0 Å². The van der Waals surface area contributed by atoms with E-state index in [1.807, 2.05) is 36.4 Å².